The zero-order valence-electron chi connectivity index (χ0n) is 15.2. The van der Waals surface area contributed by atoms with E-state index in [9.17, 15) is 4.79 Å². The number of hydrogen-bond acceptors (Lipinski definition) is 3. The number of likely N-dealkylation sites (N-methyl/N-ethyl adjacent to an activating group) is 2. The smallest absolute Gasteiger partial charge is 0.225 e. The van der Waals surface area contributed by atoms with E-state index in [0.717, 1.165) is 32.6 Å². The van der Waals surface area contributed by atoms with Crippen LogP contribution in [0.5, 0.6) is 0 Å². The van der Waals surface area contributed by atoms with Crippen molar-refractivity contribution < 1.29 is 4.79 Å². The lowest BCUT2D eigenvalue weighted by Crippen LogP contribution is -2.44. The van der Waals surface area contributed by atoms with Crippen molar-refractivity contribution in [3.63, 3.8) is 0 Å². The lowest BCUT2D eigenvalue weighted by molar-refractivity contribution is -0.126. The maximum absolute atomic E-state index is 12.6. The van der Waals surface area contributed by atoms with Gasteiger partial charge in [-0.05, 0) is 46.9 Å². The first-order chi connectivity index (χ1) is 10.8. The molecule has 1 saturated heterocycles. The van der Waals surface area contributed by atoms with Crippen LogP contribution in [0.1, 0.15) is 23.6 Å². The molecule has 0 saturated carbocycles. The first kappa shape index (κ1) is 18.0. The van der Waals surface area contributed by atoms with Crippen LogP contribution in [0, 0.1) is 19.8 Å². The van der Waals surface area contributed by atoms with Crippen LogP contribution in [0.15, 0.2) is 18.2 Å². The molecule has 128 valence electrons. The molecular weight excluding hydrogens is 286 g/mol. The molecule has 1 atom stereocenters. The fourth-order valence-corrected chi connectivity index (χ4v) is 3.45. The molecule has 1 unspecified atom stereocenters. The van der Waals surface area contributed by atoms with Crippen molar-refractivity contribution in [1.82, 2.24) is 15.1 Å². The number of benzene rings is 1. The lowest BCUT2D eigenvalue weighted by atomic mass is 10.0. The second-order valence-electron chi connectivity index (χ2n) is 7.33. The number of rotatable bonds is 4. The Morgan fingerprint density at radius 1 is 1.13 bits per heavy atom. The highest BCUT2D eigenvalue weighted by Crippen LogP contribution is 2.12. The SMILES string of the molecule is Cc1cc(C)cc(CC(C)NC(=O)C2CN(C)CCN(C)C2)c1. The summed E-state index contributed by atoms with van der Waals surface area (Å²) in [6.07, 6.45) is 0.882. The first-order valence-corrected chi connectivity index (χ1v) is 8.58. The summed E-state index contributed by atoms with van der Waals surface area (Å²) in [5, 5.41) is 3.21. The fraction of sp³-hybridized carbons (Fsp3) is 0.632. The van der Waals surface area contributed by atoms with E-state index in [1.165, 1.54) is 16.7 Å². The number of nitrogens with zero attached hydrogens (tertiary/aromatic N) is 2. The first-order valence-electron chi connectivity index (χ1n) is 8.58. The molecule has 1 aliphatic rings. The van der Waals surface area contributed by atoms with E-state index in [-0.39, 0.29) is 17.9 Å². The van der Waals surface area contributed by atoms with E-state index < -0.39 is 0 Å². The molecule has 1 N–H and O–H groups in total. The van der Waals surface area contributed by atoms with Gasteiger partial charge in [0.05, 0.1) is 5.92 Å². The third-order valence-corrected chi connectivity index (χ3v) is 4.51. The highest BCUT2D eigenvalue weighted by Gasteiger charge is 2.25. The van der Waals surface area contributed by atoms with Gasteiger partial charge in [-0.2, -0.15) is 0 Å². The van der Waals surface area contributed by atoms with Gasteiger partial charge in [-0.25, -0.2) is 0 Å². The Labute approximate surface area is 140 Å². The van der Waals surface area contributed by atoms with Gasteiger partial charge in [0, 0.05) is 32.2 Å². The number of aryl methyl sites for hydroxylation is 2. The maximum Gasteiger partial charge on any atom is 0.225 e. The monoisotopic (exact) mass is 317 g/mol. The van der Waals surface area contributed by atoms with E-state index in [2.05, 4.69) is 68.2 Å². The minimum Gasteiger partial charge on any atom is -0.353 e. The van der Waals surface area contributed by atoms with Crippen molar-refractivity contribution in [1.29, 1.82) is 0 Å². The van der Waals surface area contributed by atoms with Crippen molar-refractivity contribution in [2.24, 2.45) is 5.92 Å². The second-order valence-corrected chi connectivity index (χ2v) is 7.33. The molecule has 4 nitrogen and oxygen atoms in total. The number of hydrogen-bond donors (Lipinski definition) is 1. The van der Waals surface area contributed by atoms with E-state index in [0.29, 0.717) is 0 Å². The molecule has 0 spiro atoms. The quantitative estimate of drug-likeness (QED) is 0.920. The van der Waals surface area contributed by atoms with Gasteiger partial charge in [-0.3, -0.25) is 4.79 Å². The Morgan fingerprint density at radius 3 is 2.17 bits per heavy atom. The topological polar surface area (TPSA) is 35.6 Å². The summed E-state index contributed by atoms with van der Waals surface area (Å²) in [6, 6.07) is 6.76. The summed E-state index contributed by atoms with van der Waals surface area (Å²) in [4.78, 5) is 17.1. The molecule has 0 radical (unpaired) electrons. The minimum atomic E-state index is 0.0502. The molecule has 1 aliphatic heterocycles. The van der Waals surface area contributed by atoms with Crippen molar-refractivity contribution in [2.45, 2.75) is 33.2 Å². The van der Waals surface area contributed by atoms with Crippen LogP contribution in [-0.4, -0.2) is 62.0 Å². The van der Waals surface area contributed by atoms with Gasteiger partial charge in [-0.15, -0.1) is 0 Å². The predicted octanol–water partition coefficient (Wildman–Crippen LogP) is 1.84. The molecule has 2 rings (SSSR count). The second kappa shape index (κ2) is 7.93. The third-order valence-electron chi connectivity index (χ3n) is 4.51. The number of carbonyl (C=O) groups excluding carboxylic acids is 1. The Bertz CT molecular complexity index is 511. The zero-order valence-corrected chi connectivity index (χ0v) is 15.2. The lowest BCUT2D eigenvalue weighted by Gasteiger charge is -2.23. The summed E-state index contributed by atoms with van der Waals surface area (Å²) >= 11 is 0. The van der Waals surface area contributed by atoms with Gasteiger partial charge in [-0.1, -0.05) is 29.3 Å². The molecule has 0 aromatic heterocycles. The summed E-state index contributed by atoms with van der Waals surface area (Å²) in [5.41, 5.74) is 3.86. The van der Waals surface area contributed by atoms with Crippen LogP contribution in [0.2, 0.25) is 0 Å². The average molecular weight is 317 g/mol. The van der Waals surface area contributed by atoms with Crippen molar-refractivity contribution in [2.75, 3.05) is 40.3 Å². The van der Waals surface area contributed by atoms with Crippen LogP contribution < -0.4 is 5.32 Å². The van der Waals surface area contributed by atoms with Gasteiger partial charge < -0.3 is 15.1 Å². The highest BCUT2D eigenvalue weighted by molar-refractivity contribution is 5.79. The average Bonchev–Trinajstić information content (AvgIpc) is 2.59. The molecule has 1 fully saturated rings. The van der Waals surface area contributed by atoms with Crippen LogP contribution in [-0.2, 0) is 11.2 Å². The normalized spacial score (nSPS) is 19.3. The van der Waals surface area contributed by atoms with Gasteiger partial charge >= 0.3 is 0 Å². The Hall–Kier alpha value is -1.39. The maximum atomic E-state index is 12.6. The van der Waals surface area contributed by atoms with E-state index in [1.807, 2.05) is 0 Å². The standard InChI is InChI=1S/C19H31N3O/c1-14-8-15(2)10-17(9-14)11-16(3)20-19(23)18-12-21(4)6-7-22(5)13-18/h8-10,16,18H,6-7,11-13H2,1-5H3,(H,20,23). The molecule has 0 bridgehead atoms. The summed E-state index contributed by atoms with van der Waals surface area (Å²) in [5.74, 6) is 0.233. The molecule has 1 amide bonds. The Kier molecular flexibility index (Phi) is 6.19. The minimum absolute atomic E-state index is 0.0502. The predicted molar refractivity (Wildman–Crippen MR) is 95.7 cm³/mol. The molecular formula is C19H31N3O. The Balaban J connectivity index is 1.93. The third kappa shape index (κ3) is 5.63. The summed E-state index contributed by atoms with van der Waals surface area (Å²) < 4.78 is 0. The molecule has 4 heteroatoms. The fourth-order valence-electron chi connectivity index (χ4n) is 3.45. The van der Waals surface area contributed by atoms with Gasteiger partial charge in [0.1, 0.15) is 0 Å². The molecule has 0 aliphatic carbocycles. The van der Waals surface area contributed by atoms with Gasteiger partial charge in [0.25, 0.3) is 0 Å². The van der Waals surface area contributed by atoms with Crippen molar-refractivity contribution in [3.05, 3.63) is 34.9 Å². The van der Waals surface area contributed by atoms with Crippen LogP contribution in [0.4, 0.5) is 0 Å². The molecule has 23 heavy (non-hydrogen) atoms. The number of amides is 1. The van der Waals surface area contributed by atoms with E-state index in [4.69, 9.17) is 0 Å². The number of carbonyl (C=O) groups is 1. The van der Waals surface area contributed by atoms with Crippen LogP contribution in [0.3, 0.4) is 0 Å². The van der Waals surface area contributed by atoms with Crippen LogP contribution >= 0.6 is 0 Å². The highest BCUT2D eigenvalue weighted by atomic mass is 16.2. The Morgan fingerprint density at radius 2 is 1.65 bits per heavy atom. The van der Waals surface area contributed by atoms with E-state index >= 15 is 0 Å². The largest absolute Gasteiger partial charge is 0.353 e. The van der Waals surface area contributed by atoms with Crippen molar-refractivity contribution >= 4 is 5.91 Å². The summed E-state index contributed by atoms with van der Waals surface area (Å²) in [6.45, 7) is 10.1. The van der Waals surface area contributed by atoms with Gasteiger partial charge in [0.2, 0.25) is 5.91 Å². The van der Waals surface area contributed by atoms with Gasteiger partial charge in [0.15, 0.2) is 0 Å². The van der Waals surface area contributed by atoms with Crippen LogP contribution in [0.25, 0.3) is 0 Å². The summed E-state index contributed by atoms with van der Waals surface area (Å²) in [7, 11) is 4.19. The molecule has 1 aromatic carbocycles. The van der Waals surface area contributed by atoms with Crippen molar-refractivity contribution in [3.8, 4) is 0 Å². The van der Waals surface area contributed by atoms with E-state index in [1.54, 1.807) is 0 Å². The molecule has 1 aromatic rings. The zero-order chi connectivity index (χ0) is 17.0. The molecule has 1 heterocycles. The number of nitrogens with one attached hydrogen (secondary N) is 1.